The van der Waals surface area contributed by atoms with Gasteiger partial charge in [-0.2, -0.15) is 10.5 Å². The fraction of sp³-hybridized carbons (Fsp3) is 0.150. The van der Waals surface area contributed by atoms with Gasteiger partial charge in [0.25, 0.3) is 0 Å². The van der Waals surface area contributed by atoms with Crippen LogP contribution in [0.15, 0.2) is 151 Å². The number of hydrogen-bond acceptors (Lipinski definition) is 7. The van der Waals surface area contributed by atoms with Crippen LogP contribution in [-0.4, -0.2) is 65.9 Å². The Hall–Kier alpha value is -8.95. The molecule has 0 aliphatic heterocycles. The van der Waals surface area contributed by atoms with E-state index in [0.717, 1.165) is 78.4 Å². The van der Waals surface area contributed by atoms with Crippen molar-refractivity contribution in [3.63, 3.8) is 0 Å². The second kappa shape index (κ2) is 21.4. The van der Waals surface area contributed by atoms with Gasteiger partial charge in [-0.15, -0.1) is 0 Å². The Morgan fingerprint density at radius 3 is 1.03 bits per heavy atom. The van der Waals surface area contributed by atoms with Crippen molar-refractivity contribution < 1.29 is 0 Å². The third-order valence-electron chi connectivity index (χ3n) is 11.5. The van der Waals surface area contributed by atoms with E-state index in [-0.39, 0.29) is 11.4 Å². The van der Waals surface area contributed by atoms with Gasteiger partial charge in [0, 0.05) is 103 Å². The van der Waals surface area contributed by atoms with Crippen molar-refractivity contribution in [1.29, 1.82) is 10.5 Å². The predicted molar refractivity (Wildman–Crippen MR) is 284 cm³/mol. The van der Waals surface area contributed by atoms with E-state index in [1.165, 1.54) is 0 Å². The molecule has 0 amide bonds. The molecule has 0 aliphatic rings. The van der Waals surface area contributed by atoms with E-state index >= 15 is 0 Å². The molecule has 0 saturated carbocycles. The minimum absolute atomic E-state index is 0.0529. The van der Waals surface area contributed by atoms with E-state index < -0.39 is 0 Å². The van der Waals surface area contributed by atoms with Crippen molar-refractivity contribution in [1.82, 2.24) is 9.55 Å². The average molecular weight is 887 g/mol. The molecule has 0 fully saturated rings. The number of benzene rings is 6. The fourth-order valence-electron chi connectivity index (χ4n) is 7.44. The van der Waals surface area contributed by atoms with E-state index in [9.17, 15) is 10.5 Å². The van der Waals surface area contributed by atoms with Crippen LogP contribution in [0.5, 0.6) is 0 Å². The highest BCUT2D eigenvalue weighted by molar-refractivity contribution is 5.93. The molecule has 1 aromatic heterocycles. The Morgan fingerprint density at radius 1 is 0.441 bits per heavy atom. The Labute approximate surface area is 402 Å². The first-order valence-electron chi connectivity index (χ1n) is 22.2. The third-order valence-corrected chi connectivity index (χ3v) is 11.5. The molecule has 0 unspecified atom stereocenters. The van der Waals surface area contributed by atoms with Gasteiger partial charge in [0.1, 0.15) is 18.0 Å². The standard InChI is InChI=1S/C60H54N8/c1-64(2)52-30-22-48(23-31-52)56(49-24-32-53(33-25-49)65(3)4)38-45-16-10-43(11-17-45)14-20-47(40-60-63-58(41-61)59(42-62)68(60)9)21-15-44-12-18-46(19-13-44)39-57(50-26-34-54(35-27-50)66(5)6)51-28-36-55(37-29-51)67(7)8/h10-13,16-19,22-40H,1-9H3. The quantitative estimate of drug-likeness (QED) is 0.0946. The van der Waals surface area contributed by atoms with Crippen LogP contribution in [0, 0.1) is 46.3 Å². The summed E-state index contributed by atoms with van der Waals surface area (Å²) in [6.07, 6.45) is 6.13. The van der Waals surface area contributed by atoms with Crippen LogP contribution in [0.2, 0.25) is 0 Å². The molecule has 6 aromatic carbocycles. The molecule has 7 rings (SSSR count). The lowest BCUT2D eigenvalue weighted by Crippen LogP contribution is -2.08. The van der Waals surface area contributed by atoms with E-state index in [1.54, 1.807) is 17.7 Å². The summed E-state index contributed by atoms with van der Waals surface area (Å²) < 4.78 is 1.59. The molecule has 0 radical (unpaired) electrons. The molecule has 0 aliphatic carbocycles. The molecule has 0 saturated heterocycles. The van der Waals surface area contributed by atoms with Crippen LogP contribution < -0.4 is 19.6 Å². The molecule has 0 N–H and O–H groups in total. The largest absolute Gasteiger partial charge is 0.378 e. The first kappa shape index (κ1) is 47.0. The van der Waals surface area contributed by atoms with Gasteiger partial charge in [0.2, 0.25) is 0 Å². The second-order valence-electron chi connectivity index (χ2n) is 17.1. The SMILES string of the molecule is CN(C)c1ccc(C(=Cc2ccc(C#CC(C#Cc3ccc(C=C(c4ccc(N(C)C)cc4)c4ccc(N(C)C)cc4)cc3)=Cc3nc(C#N)c(C#N)n3C)cc2)c2ccc(N(C)C)cc2)cc1. The number of nitrogens with zero attached hydrogens (tertiary/aromatic N) is 8. The van der Waals surface area contributed by atoms with Crippen LogP contribution in [0.3, 0.4) is 0 Å². The van der Waals surface area contributed by atoms with Crippen LogP contribution in [-0.2, 0) is 7.05 Å². The third kappa shape index (κ3) is 11.5. The Bertz CT molecular complexity index is 2910. The van der Waals surface area contributed by atoms with Crippen LogP contribution in [0.25, 0.3) is 29.4 Å². The summed E-state index contributed by atoms with van der Waals surface area (Å²) in [5.41, 5.74) is 15.6. The van der Waals surface area contributed by atoms with E-state index in [4.69, 9.17) is 0 Å². The van der Waals surface area contributed by atoms with Crippen LogP contribution in [0.4, 0.5) is 22.7 Å². The predicted octanol–water partition coefficient (Wildman–Crippen LogP) is 11.1. The van der Waals surface area contributed by atoms with Crippen molar-refractivity contribution in [2.75, 3.05) is 76.0 Å². The van der Waals surface area contributed by atoms with Crippen molar-refractivity contribution in [2.24, 2.45) is 7.05 Å². The molecule has 68 heavy (non-hydrogen) atoms. The first-order valence-corrected chi connectivity index (χ1v) is 22.2. The number of rotatable bonds is 11. The summed E-state index contributed by atoms with van der Waals surface area (Å²) in [7, 11) is 18.1. The lowest BCUT2D eigenvalue weighted by molar-refractivity contribution is 0.881. The van der Waals surface area contributed by atoms with E-state index in [0.29, 0.717) is 11.4 Å². The molecular weight excluding hydrogens is 833 g/mol. The molecule has 0 spiro atoms. The molecular formula is C60H54N8. The second-order valence-corrected chi connectivity index (χ2v) is 17.1. The minimum atomic E-state index is 0.0529. The number of hydrogen-bond donors (Lipinski definition) is 0. The molecule has 7 aromatic rings. The van der Waals surface area contributed by atoms with Gasteiger partial charge < -0.3 is 24.2 Å². The highest BCUT2D eigenvalue weighted by atomic mass is 15.1. The summed E-state index contributed by atoms with van der Waals surface area (Å²) >= 11 is 0. The monoisotopic (exact) mass is 886 g/mol. The summed E-state index contributed by atoms with van der Waals surface area (Å²) in [5, 5.41) is 19.5. The maximum Gasteiger partial charge on any atom is 0.177 e. The van der Waals surface area contributed by atoms with Gasteiger partial charge in [-0.3, -0.25) is 0 Å². The number of anilines is 4. The molecule has 1 heterocycles. The van der Waals surface area contributed by atoms with Gasteiger partial charge in [-0.05, 0) is 129 Å². The molecule has 8 heteroatoms. The number of aromatic nitrogens is 2. The maximum atomic E-state index is 9.76. The normalized spacial score (nSPS) is 10.2. The molecule has 0 atom stereocenters. The van der Waals surface area contributed by atoms with Crippen molar-refractivity contribution in [2.45, 2.75) is 0 Å². The summed E-state index contributed by atoms with van der Waals surface area (Å²) in [6.45, 7) is 0. The fourth-order valence-corrected chi connectivity index (χ4v) is 7.44. The Kier molecular flexibility index (Phi) is 14.8. The van der Waals surface area contributed by atoms with Crippen LogP contribution >= 0.6 is 0 Å². The van der Waals surface area contributed by atoms with Crippen molar-refractivity contribution in [3.8, 4) is 35.8 Å². The topological polar surface area (TPSA) is 78.4 Å². The summed E-state index contributed by atoms with van der Waals surface area (Å²) in [6, 6.07) is 54.8. The number of nitriles is 2. The van der Waals surface area contributed by atoms with Gasteiger partial charge in [0.05, 0.1) is 5.57 Å². The zero-order chi connectivity index (χ0) is 48.3. The lowest BCUT2D eigenvalue weighted by Gasteiger charge is -2.16. The van der Waals surface area contributed by atoms with Crippen molar-refractivity contribution in [3.05, 3.63) is 213 Å². The van der Waals surface area contributed by atoms with E-state index in [2.05, 4.69) is 188 Å². The Morgan fingerprint density at radius 2 is 0.765 bits per heavy atom. The zero-order valence-corrected chi connectivity index (χ0v) is 40.2. The van der Waals surface area contributed by atoms with Crippen molar-refractivity contribution >= 4 is 52.1 Å². The van der Waals surface area contributed by atoms with Gasteiger partial charge >= 0.3 is 0 Å². The number of imidazole rings is 1. The smallest absolute Gasteiger partial charge is 0.177 e. The molecule has 8 nitrogen and oxygen atoms in total. The molecule has 334 valence electrons. The van der Waals surface area contributed by atoms with E-state index in [1.807, 2.05) is 86.7 Å². The maximum absolute atomic E-state index is 9.76. The summed E-state index contributed by atoms with van der Waals surface area (Å²) in [4.78, 5) is 12.8. The first-order chi connectivity index (χ1) is 32.8. The lowest BCUT2D eigenvalue weighted by atomic mass is 9.95. The van der Waals surface area contributed by atoms with Crippen LogP contribution in [0.1, 0.15) is 61.7 Å². The Balaban J connectivity index is 1.21. The zero-order valence-electron chi connectivity index (χ0n) is 40.2. The average Bonchev–Trinajstić information content (AvgIpc) is 3.67. The highest BCUT2D eigenvalue weighted by Gasteiger charge is 2.14. The highest BCUT2D eigenvalue weighted by Crippen LogP contribution is 2.31. The van der Waals surface area contributed by atoms with Gasteiger partial charge in [-0.1, -0.05) is 96.5 Å². The van der Waals surface area contributed by atoms with Gasteiger partial charge in [-0.25, -0.2) is 4.98 Å². The summed E-state index contributed by atoms with van der Waals surface area (Å²) in [5.74, 6) is 13.5. The number of allylic oxidation sites excluding steroid dienone is 1. The minimum Gasteiger partial charge on any atom is -0.378 e. The molecule has 0 bridgehead atoms. The van der Waals surface area contributed by atoms with Gasteiger partial charge in [0.15, 0.2) is 11.4 Å².